The van der Waals surface area contributed by atoms with Gasteiger partial charge < -0.3 is 20.3 Å². The van der Waals surface area contributed by atoms with Crippen LogP contribution in [0.25, 0.3) is 17.0 Å². The maximum Gasteiger partial charge on any atom is 0.254 e. The van der Waals surface area contributed by atoms with E-state index in [-0.39, 0.29) is 11.9 Å². The molecule has 0 aliphatic carbocycles. The smallest absolute Gasteiger partial charge is 0.254 e. The van der Waals surface area contributed by atoms with Gasteiger partial charge in [0.25, 0.3) is 5.91 Å². The highest BCUT2D eigenvalue weighted by molar-refractivity contribution is 6.32. The highest BCUT2D eigenvalue weighted by Crippen LogP contribution is 2.32. The van der Waals surface area contributed by atoms with Crippen LogP contribution in [0.2, 0.25) is 5.02 Å². The molecule has 0 radical (unpaired) electrons. The van der Waals surface area contributed by atoms with E-state index in [4.69, 9.17) is 16.3 Å². The van der Waals surface area contributed by atoms with E-state index in [0.717, 1.165) is 30.9 Å². The van der Waals surface area contributed by atoms with Crippen LogP contribution in [0, 0.1) is 0 Å². The molecule has 1 aromatic carbocycles. The molecule has 3 aromatic heterocycles. The van der Waals surface area contributed by atoms with Crippen LogP contribution in [-0.2, 0) is 0 Å². The van der Waals surface area contributed by atoms with E-state index in [2.05, 4.69) is 25.6 Å². The quantitative estimate of drug-likeness (QED) is 0.456. The molecule has 2 aliphatic rings. The number of imidazole rings is 1. The lowest BCUT2D eigenvalue weighted by atomic mass is 10.1. The normalized spacial score (nSPS) is 19.1. The van der Waals surface area contributed by atoms with Crippen molar-refractivity contribution in [2.24, 2.45) is 0 Å². The Morgan fingerprint density at radius 3 is 2.94 bits per heavy atom. The third kappa shape index (κ3) is 3.53. The Labute approximate surface area is 200 Å². The summed E-state index contributed by atoms with van der Waals surface area (Å²) in [5.74, 6) is 0.908. The fourth-order valence-electron chi connectivity index (χ4n) is 4.74. The summed E-state index contributed by atoms with van der Waals surface area (Å²) in [6.45, 7) is 1.60. The highest BCUT2D eigenvalue weighted by Gasteiger charge is 2.40. The van der Waals surface area contributed by atoms with Crippen LogP contribution >= 0.6 is 11.6 Å². The Bertz CT molecular complexity index is 1410. The molecule has 4 aromatic rings. The van der Waals surface area contributed by atoms with Gasteiger partial charge in [0.15, 0.2) is 0 Å². The average Bonchev–Trinajstić information content (AvgIpc) is 3.61. The first-order chi connectivity index (χ1) is 16.6. The predicted octanol–water partition coefficient (Wildman–Crippen LogP) is 3.38. The van der Waals surface area contributed by atoms with Crippen LogP contribution in [0.1, 0.15) is 16.8 Å². The Hall–Kier alpha value is -3.69. The number of ether oxygens (including phenoxy) is 1. The van der Waals surface area contributed by atoms with E-state index in [0.29, 0.717) is 39.7 Å². The Morgan fingerprint density at radius 2 is 2.15 bits per heavy atom. The van der Waals surface area contributed by atoms with Crippen molar-refractivity contribution >= 4 is 34.8 Å². The van der Waals surface area contributed by atoms with Crippen molar-refractivity contribution in [1.82, 2.24) is 29.6 Å². The van der Waals surface area contributed by atoms with Crippen LogP contribution in [0.4, 0.5) is 11.6 Å². The van der Waals surface area contributed by atoms with E-state index in [1.807, 2.05) is 39.8 Å². The van der Waals surface area contributed by atoms with Gasteiger partial charge in [-0.25, -0.2) is 15.0 Å². The molecule has 2 atom stereocenters. The number of carbonyl (C=O) groups excluding carboxylic acids is 1. The van der Waals surface area contributed by atoms with Crippen LogP contribution in [0.15, 0.2) is 55.0 Å². The number of likely N-dealkylation sites (tertiary alicyclic amines) is 1. The lowest BCUT2D eigenvalue weighted by Gasteiger charge is -2.27. The fourth-order valence-corrected chi connectivity index (χ4v) is 4.93. The second-order valence-corrected chi connectivity index (χ2v) is 8.86. The number of nitrogens with zero attached hydrogens (tertiary/aromatic N) is 5. The second kappa shape index (κ2) is 8.27. The predicted molar refractivity (Wildman–Crippen MR) is 129 cm³/mol. The van der Waals surface area contributed by atoms with Crippen LogP contribution in [0.3, 0.4) is 0 Å². The number of amides is 1. The molecule has 2 N–H and O–H groups in total. The van der Waals surface area contributed by atoms with Gasteiger partial charge in [0.05, 0.1) is 35.9 Å². The number of anilines is 2. The molecule has 2 saturated heterocycles. The van der Waals surface area contributed by atoms with Crippen molar-refractivity contribution < 1.29 is 9.53 Å². The number of carbonyl (C=O) groups is 1. The maximum atomic E-state index is 13.1. The molecule has 6 rings (SSSR count). The number of methoxy groups -OCH3 is 1. The lowest BCUT2D eigenvalue weighted by molar-refractivity contribution is 0.0715. The first-order valence-electron chi connectivity index (χ1n) is 11.0. The molecular weight excluding hydrogens is 454 g/mol. The SMILES string of the molecule is COc1cc(C(=O)N2C[C@@H]3C[C@H]2CN3)ccc1Nc1ncc(Cl)c(-c2cnc3ccccn23)n1. The van der Waals surface area contributed by atoms with Gasteiger partial charge >= 0.3 is 0 Å². The fraction of sp³-hybridized carbons (Fsp3) is 0.250. The highest BCUT2D eigenvalue weighted by atomic mass is 35.5. The van der Waals surface area contributed by atoms with Crippen molar-refractivity contribution in [3.05, 3.63) is 65.6 Å². The van der Waals surface area contributed by atoms with Gasteiger partial charge in [-0.3, -0.25) is 9.20 Å². The molecule has 0 spiro atoms. The number of benzene rings is 1. The van der Waals surface area contributed by atoms with Gasteiger partial charge in [0.2, 0.25) is 5.95 Å². The minimum atomic E-state index is 0.0245. The van der Waals surface area contributed by atoms with E-state index >= 15 is 0 Å². The Morgan fingerprint density at radius 1 is 1.24 bits per heavy atom. The number of pyridine rings is 1. The summed E-state index contributed by atoms with van der Waals surface area (Å²) in [4.78, 5) is 28.4. The standard InChI is InChI=1S/C24H22ClN7O2/c1-34-20-8-14(23(33)32-13-15-9-16(32)10-26-15)5-6-18(20)29-24-28-11-17(25)22(30-24)19-12-27-21-4-2-3-7-31(19)21/h2-8,11-12,15-16,26H,9-10,13H2,1H3,(H,28,29,30)/t15-,16-/m0/s1. The molecule has 10 heteroatoms. The molecule has 0 saturated carbocycles. The summed E-state index contributed by atoms with van der Waals surface area (Å²) in [5.41, 5.74) is 3.36. The number of piperazine rings is 1. The number of fused-ring (bicyclic) bond motifs is 3. The van der Waals surface area contributed by atoms with Gasteiger partial charge in [-0.15, -0.1) is 0 Å². The van der Waals surface area contributed by atoms with Crippen molar-refractivity contribution in [3.8, 4) is 17.1 Å². The van der Waals surface area contributed by atoms with Crippen molar-refractivity contribution in [1.29, 1.82) is 0 Å². The summed E-state index contributed by atoms with van der Waals surface area (Å²) in [6.07, 6.45) is 6.21. The van der Waals surface area contributed by atoms with Gasteiger partial charge in [-0.2, -0.15) is 0 Å². The number of hydrogen-bond acceptors (Lipinski definition) is 7. The molecule has 5 heterocycles. The van der Waals surface area contributed by atoms with Crippen LogP contribution in [0.5, 0.6) is 5.75 Å². The van der Waals surface area contributed by atoms with Gasteiger partial charge in [-0.1, -0.05) is 17.7 Å². The molecule has 9 nitrogen and oxygen atoms in total. The molecule has 0 unspecified atom stereocenters. The van der Waals surface area contributed by atoms with Crippen molar-refractivity contribution in [2.75, 3.05) is 25.5 Å². The topological polar surface area (TPSA) is 96.7 Å². The molecule has 2 fully saturated rings. The minimum Gasteiger partial charge on any atom is -0.495 e. The summed E-state index contributed by atoms with van der Waals surface area (Å²) in [5, 5.41) is 7.03. The Balaban J connectivity index is 1.28. The summed E-state index contributed by atoms with van der Waals surface area (Å²) >= 11 is 6.43. The van der Waals surface area contributed by atoms with Gasteiger partial charge in [-0.05, 0) is 36.8 Å². The first kappa shape index (κ1) is 20.9. The van der Waals surface area contributed by atoms with E-state index in [1.54, 1.807) is 31.6 Å². The lowest BCUT2D eigenvalue weighted by Crippen LogP contribution is -2.46. The zero-order valence-electron chi connectivity index (χ0n) is 18.4. The molecule has 2 bridgehead atoms. The first-order valence-corrected chi connectivity index (χ1v) is 11.4. The Kier molecular flexibility index (Phi) is 5.08. The van der Waals surface area contributed by atoms with Crippen molar-refractivity contribution in [2.45, 2.75) is 18.5 Å². The molecular formula is C24H22ClN7O2. The number of aromatic nitrogens is 4. The maximum absolute atomic E-state index is 13.1. The zero-order valence-corrected chi connectivity index (χ0v) is 19.2. The summed E-state index contributed by atoms with van der Waals surface area (Å²) in [7, 11) is 1.57. The molecule has 172 valence electrons. The number of rotatable bonds is 5. The molecule has 34 heavy (non-hydrogen) atoms. The van der Waals surface area contributed by atoms with E-state index in [9.17, 15) is 4.79 Å². The number of hydrogen-bond donors (Lipinski definition) is 2. The average molecular weight is 476 g/mol. The van der Waals surface area contributed by atoms with E-state index in [1.165, 1.54) is 0 Å². The molecule has 1 amide bonds. The van der Waals surface area contributed by atoms with Crippen LogP contribution in [-0.4, -0.2) is 62.4 Å². The largest absolute Gasteiger partial charge is 0.495 e. The monoisotopic (exact) mass is 475 g/mol. The van der Waals surface area contributed by atoms with E-state index < -0.39 is 0 Å². The van der Waals surface area contributed by atoms with Gasteiger partial charge in [0.1, 0.15) is 17.1 Å². The number of halogens is 1. The van der Waals surface area contributed by atoms with Gasteiger partial charge in [0, 0.05) is 36.9 Å². The van der Waals surface area contributed by atoms with Crippen LogP contribution < -0.4 is 15.4 Å². The van der Waals surface area contributed by atoms with Crippen molar-refractivity contribution in [3.63, 3.8) is 0 Å². The summed E-state index contributed by atoms with van der Waals surface area (Å²) in [6, 6.07) is 11.8. The molecule has 2 aliphatic heterocycles. The second-order valence-electron chi connectivity index (χ2n) is 8.45. The number of nitrogens with one attached hydrogen (secondary N) is 2. The third-order valence-corrected chi connectivity index (χ3v) is 6.69. The zero-order chi connectivity index (χ0) is 23.2. The third-order valence-electron chi connectivity index (χ3n) is 6.42. The minimum absolute atomic E-state index is 0.0245. The summed E-state index contributed by atoms with van der Waals surface area (Å²) < 4.78 is 7.49.